The number of hydrogen-bond donors (Lipinski definition) is 0. The highest BCUT2D eigenvalue weighted by Gasteiger charge is 2.20. The zero-order chi connectivity index (χ0) is 16.4. The van der Waals surface area contributed by atoms with E-state index in [4.69, 9.17) is 4.74 Å². The van der Waals surface area contributed by atoms with E-state index in [0.717, 1.165) is 19.8 Å². The fourth-order valence-electron chi connectivity index (χ4n) is 2.41. The average molecular weight is 391 g/mol. The van der Waals surface area contributed by atoms with Gasteiger partial charge in [0.2, 0.25) is 0 Å². The Hall–Kier alpha value is -1.98. The summed E-state index contributed by atoms with van der Waals surface area (Å²) < 4.78 is 19.9. The molecule has 3 rings (SSSR count). The Morgan fingerprint density at radius 3 is 2.39 bits per heavy atom. The molecular weight excluding hydrogens is 379 g/mol. The van der Waals surface area contributed by atoms with Crippen molar-refractivity contribution in [1.29, 1.82) is 0 Å². The molecule has 0 aliphatic rings. The van der Waals surface area contributed by atoms with Crippen molar-refractivity contribution in [2.75, 3.05) is 7.11 Å². The van der Waals surface area contributed by atoms with Crippen LogP contribution in [0.25, 0.3) is 21.6 Å². The summed E-state index contributed by atoms with van der Waals surface area (Å²) in [5.41, 5.74) is 2.44. The van der Waals surface area contributed by atoms with Crippen molar-refractivity contribution >= 4 is 33.2 Å². The minimum absolute atomic E-state index is 0.297. The summed E-state index contributed by atoms with van der Waals surface area (Å²) in [5, 5.41) is 0. The molecule has 0 spiro atoms. The van der Waals surface area contributed by atoms with E-state index in [0.29, 0.717) is 11.1 Å². The molecule has 0 atom stereocenters. The molecule has 0 aliphatic heterocycles. The van der Waals surface area contributed by atoms with Crippen LogP contribution in [-0.4, -0.2) is 13.1 Å². The van der Waals surface area contributed by atoms with Crippen LogP contribution in [0, 0.1) is 5.82 Å². The molecule has 0 radical (unpaired) electrons. The molecule has 0 N–H and O–H groups in total. The van der Waals surface area contributed by atoms with Gasteiger partial charge in [0.1, 0.15) is 5.82 Å². The van der Waals surface area contributed by atoms with Gasteiger partial charge in [0.25, 0.3) is 0 Å². The highest BCUT2D eigenvalue weighted by atomic mass is 79.9. The predicted molar refractivity (Wildman–Crippen MR) is 94.2 cm³/mol. The summed E-state index contributed by atoms with van der Waals surface area (Å²) in [5.74, 6) is -0.709. The van der Waals surface area contributed by atoms with Gasteiger partial charge in [-0.05, 0) is 34.1 Å². The number of thiophene rings is 1. The summed E-state index contributed by atoms with van der Waals surface area (Å²) in [4.78, 5) is 12.8. The van der Waals surface area contributed by atoms with E-state index >= 15 is 0 Å². The van der Waals surface area contributed by atoms with Gasteiger partial charge in [-0.25, -0.2) is 9.18 Å². The number of rotatable bonds is 3. The third-order valence-corrected chi connectivity index (χ3v) is 5.11. The second-order valence-corrected chi connectivity index (χ2v) is 7.24. The van der Waals surface area contributed by atoms with E-state index in [1.807, 2.05) is 18.2 Å². The van der Waals surface area contributed by atoms with E-state index in [1.54, 1.807) is 30.3 Å². The van der Waals surface area contributed by atoms with Crippen LogP contribution in [0.2, 0.25) is 0 Å². The molecule has 2 aromatic carbocycles. The lowest BCUT2D eigenvalue weighted by Crippen LogP contribution is -2.03. The molecular formula is C18H12BrFO2S. The van der Waals surface area contributed by atoms with Crippen molar-refractivity contribution in [3.05, 3.63) is 69.8 Å². The normalized spacial score (nSPS) is 10.6. The lowest BCUT2D eigenvalue weighted by atomic mass is 9.99. The lowest BCUT2D eigenvalue weighted by molar-refractivity contribution is 0.0601. The number of halogens is 2. The first-order valence-electron chi connectivity index (χ1n) is 6.83. The first-order chi connectivity index (χ1) is 11.1. The number of carbonyl (C=O) groups excluding carboxylic acids is 1. The van der Waals surface area contributed by atoms with Crippen LogP contribution in [0.15, 0.2) is 58.4 Å². The Balaban J connectivity index is 2.24. The van der Waals surface area contributed by atoms with Gasteiger partial charge < -0.3 is 4.74 Å². The number of hydrogen-bond acceptors (Lipinski definition) is 3. The molecule has 0 saturated heterocycles. The van der Waals surface area contributed by atoms with E-state index < -0.39 is 5.97 Å². The Morgan fingerprint density at radius 1 is 1.04 bits per heavy atom. The van der Waals surface area contributed by atoms with Crippen LogP contribution in [0.3, 0.4) is 0 Å². The zero-order valence-electron chi connectivity index (χ0n) is 12.2. The third-order valence-electron chi connectivity index (χ3n) is 3.44. The van der Waals surface area contributed by atoms with Gasteiger partial charge in [0.15, 0.2) is 0 Å². The quantitative estimate of drug-likeness (QED) is 0.530. The maximum Gasteiger partial charge on any atom is 0.338 e. The summed E-state index contributed by atoms with van der Waals surface area (Å²) in [6.45, 7) is 0. The molecule has 5 heteroatoms. The van der Waals surface area contributed by atoms with E-state index in [9.17, 15) is 9.18 Å². The minimum Gasteiger partial charge on any atom is -0.465 e. The number of methoxy groups -OCH3 is 1. The van der Waals surface area contributed by atoms with Gasteiger partial charge in [-0.1, -0.05) is 36.4 Å². The van der Waals surface area contributed by atoms with Gasteiger partial charge in [-0.2, -0.15) is 0 Å². The van der Waals surface area contributed by atoms with Crippen LogP contribution in [0.5, 0.6) is 0 Å². The standard InChI is InChI=1S/C18H12BrFO2S/c1-22-18(21)13-8-3-2-7-12(13)17-14(10-16(19)23-17)11-6-4-5-9-15(11)20/h2-10H,1H3. The molecule has 1 aromatic heterocycles. The summed E-state index contributed by atoms with van der Waals surface area (Å²) >= 11 is 4.92. The molecule has 1 heterocycles. The van der Waals surface area contributed by atoms with Crippen LogP contribution in [0.4, 0.5) is 4.39 Å². The summed E-state index contributed by atoms with van der Waals surface area (Å²) in [7, 11) is 1.35. The van der Waals surface area contributed by atoms with Gasteiger partial charge in [0, 0.05) is 21.6 Å². The molecule has 0 fully saturated rings. The molecule has 0 bridgehead atoms. The van der Waals surface area contributed by atoms with Crippen LogP contribution >= 0.6 is 27.3 Å². The van der Waals surface area contributed by atoms with E-state index in [-0.39, 0.29) is 5.82 Å². The number of ether oxygens (including phenoxy) is 1. The Morgan fingerprint density at radius 2 is 1.70 bits per heavy atom. The second-order valence-electron chi connectivity index (χ2n) is 4.81. The predicted octanol–water partition coefficient (Wildman–Crippen LogP) is 5.77. The Bertz CT molecular complexity index is 873. The molecule has 0 saturated carbocycles. The molecule has 23 heavy (non-hydrogen) atoms. The third kappa shape index (κ3) is 3.07. The minimum atomic E-state index is -0.412. The Kier molecular flexibility index (Phi) is 4.59. The fraction of sp³-hybridized carbons (Fsp3) is 0.0556. The van der Waals surface area contributed by atoms with Crippen LogP contribution in [0.1, 0.15) is 10.4 Å². The first-order valence-corrected chi connectivity index (χ1v) is 8.44. The summed E-state index contributed by atoms with van der Waals surface area (Å²) in [6.07, 6.45) is 0. The van der Waals surface area contributed by atoms with Crippen molar-refractivity contribution in [2.24, 2.45) is 0 Å². The SMILES string of the molecule is COC(=O)c1ccccc1-c1sc(Br)cc1-c1ccccc1F. The summed E-state index contributed by atoms with van der Waals surface area (Å²) in [6, 6.07) is 15.6. The zero-order valence-corrected chi connectivity index (χ0v) is 14.6. The van der Waals surface area contributed by atoms with Crippen molar-refractivity contribution in [2.45, 2.75) is 0 Å². The van der Waals surface area contributed by atoms with Crippen molar-refractivity contribution < 1.29 is 13.9 Å². The maximum atomic E-state index is 14.2. The van der Waals surface area contributed by atoms with Crippen LogP contribution in [-0.2, 0) is 4.74 Å². The molecule has 0 amide bonds. The highest BCUT2D eigenvalue weighted by molar-refractivity contribution is 9.11. The van der Waals surface area contributed by atoms with Gasteiger partial charge >= 0.3 is 5.97 Å². The second kappa shape index (κ2) is 6.64. The molecule has 0 aliphatic carbocycles. The molecule has 2 nitrogen and oxygen atoms in total. The molecule has 3 aromatic rings. The number of carbonyl (C=O) groups is 1. The van der Waals surface area contributed by atoms with Crippen molar-refractivity contribution in [1.82, 2.24) is 0 Å². The number of esters is 1. The monoisotopic (exact) mass is 390 g/mol. The van der Waals surface area contributed by atoms with Crippen LogP contribution < -0.4 is 0 Å². The number of benzene rings is 2. The van der Waals surface area contributed by atoms with Crippen molar-refractivity contribution in [3.63, 3.8) is 0 Å². The largest absolute Gasteiger partial charge is 0.465 e. The Labute approximate surface area is 145 Å². The maximum absolute atomic E-state index is 14.2. The molecule has 116 valence electrons. The van der Waals surface area contributed by atoms with Crippen molar-refractivity contribution in [3.8, 4) is 21.6 Å². The average Bonchev–Trinajstić information content (AvgIpc) is 2.96. The topological polar surface area (TPSA) is 26.3 Å². The van der Waals surface area contributed by atoms with E-state index in [2.05, 4.69) is 15.9 Å². The van der Waals surface area contributed by atoms with E-state index in [1.165, 1.54) is 24.5 Å². The first kappa shape index (κ1) is 15.9. The smallest absolute Gasteiger partial charge is 0.338 e. The van der Waals surface area contributed by atoms with Gasteiger partial charge in [0.05, 0.1) is 16.5 Å². The lowest BCUT2D eigenvalue weighted by Gasteiger charge is -2.09. The van der Waals surface area contributed by atoms with Gasteiger partial charge in [-0.15, -0.1) is 11.3 Å². The molecule has 0 unspecified atom stereocenters. The fourth-order valence-corrected chi connectivity index (χ4v) is 4.06. The van der Waals surface area contributed by atoms with Gasteiger partial charge in [-0.3, -0.25) is 0 Å². The highest BCUT2D eigenvalue weighted by Crippen LogP contribution is 2.43.